The molecule has 244 valence electrons. The molecule has 0 bridgehead atoms. The largest absolute Gasteiger partial charge is 0.446 e. The number of nitrogens with one attached hydrogen (secondary N) is 2. The lowest BCUT2D eigenvalue weighted by Gasteiger charge is -2.35. The Morgan fingerprint density at radius 3 is 2.47 bits per heavy atom. The van der Waals surface area contributed by atoms with Gasteiger partial charge in [-0.3, -0.25) is 19.2 Å². The molecule has 5 rings (SSSR count). The molecule has 12 nitrogen and oxygen atoms in total. The minimum atomic E-state index is -1.13. The number of benzene rings is 1. The Balaban J connectivity index is 1.40. The van der Waals surface area contributed by atoms with E-state index in [0.29, 0.717) is 17.2 Å². The Kier molecular flexibility index (Phi) is 9.44. The number of nitrogens with zero attached hydrogens (tertiary/aromatic N) is 2. The van der Waals surface area contributed by atoms with E-state index >= 15 is 0 Å². The SMILES string of the molecule is CC(C)(C)[C@H](NC(=O)OC1CCCC1)C(=O)N1C[C@@]2(CC(c3cccc(Cl)c3)=NO2)C[C@H]1C(=O)N[C@@H](CC1CC1)C(=O)C(N)=O. The molecule has 3 fully saturated rings. The highest BCUT2D eigenvalue weighted by atomic mass is 35.5. The summed E-state index contributed by atoms with van der Waals surface area (Å²) >= 11 is 6.21. The first-order valence-corrected chi connectivity index (χ1v) is 16.0. The molecule has 0 aromatic heterocycles. The van der Waals surface area contributed by atoms with Gasteiger partial charge in [-0.25, -0.2) is 4.79 Å². The van der Waals surface area contributed by atoms with E-state index in [1.54, 1.807) is 18.2 Å². The molecule has 4 atom stereocenters. The van der Waals surface area contributed by atoms with Crippen LogP contribution in [-0.2, 0) is 28.8 Å². The molecule has 2 aliphatic carbocycles. The third-order valence-electron chi connectivity index (χ3n) is 9.08. The van der Waals surface area contributed by atoms with E-state index in [2.05, 4.69) is 15.8 Å². The Morgan fingerprint density at radius 1 is 1.13 bits per heavy atom. The minimum absolute atomic E-state index is 0.000472. The highest BCUT2D eigenvalue weighted by Crippen LogP contribution is 2.40. The lowest BCUT2D eigenvalue weighted by Crippen LogP contribution is -2.59. The normalized spacial score (nSPS) is 24.5. The number of alkyl carbamates (subject to hydrolysis) is 1. The molecule has 2 heterocycles. The fraction of sp³-hybridized carbons (Fsp3) is 0.625. The van der Waals surface area contributed by atoms with Crippen molar-refractivity contribution in [2.75, 3.05) is 6.54 Å². The standard InChI is InChI=1S/C32H42ClN5O7/c1-31(2,3)26(36-30(43)44-21-9-4-5-10-21)29(42)38-17-32(15-23(37-45-32)19-7-6-8-20(33)14-19)16-24(38)28(41)35-22(13-18-11-12-18)25(39)27(34)40/h6-8,14,18,21-22,24,26H,4-5,9-13,15-17H2,1-3H3,(H2,34,40)(H,35,41)(H,36,43)/t22-,24-,26+,32+/m0/s1. The first-order valence-electron chi connectivity index (χ1n) is 15.7. The zero-order valence-corrected chi connectivity index (χ0v) is 26.7. The van der Waals surface area contributed by atoms with Gasteiger partial charge >= 0.3 is 6.09 Å². The molecule has 13 heteroatoms. The van der Waals surface area contributed by atoms with Crippen LogP contribution >= 0.6 is 11.6 Å². The van der Waals surface area contributed by atoms with Crippen LogP contribution in [0.1, 0.15) is 84.1 Å². The van der Waals surface area contributed by atoms with E-state index in [9.17, 15) is 24.0 Å². The van der Waals surface area contributed by atoms with Crippen LogP contribution in [0.25, 0.3) is 0 Å². The number of oxime groups is 1. The highest BCUT2D eigenvalue weighted by molar-refractivity contribution is 6.37. The second kappa shape index (κ2) is 13.0. The van der Waals surface area contributed by atoms with Gasteiger partial charge < -0.3 is 30.8 Å². The molecule has 4 aliphatic rings. The van der Waals surface area contributed by atoms with E-state index in [1.807, 2.05) is 26.8 Å². The number of primary amides is 1. The summed E-state index contributed by atoms with van der Waals surface area (Å²) in [5, 5.41) is 10.3. The monoisotopic (exact) mass is 643 g/mol. The maximum Gasteiger partial charge on any atom is 0.408 e. The topological polar surface area (TPSA) is 169 Å². The summed E-state index contributed by atoms with van der Waals surface area (Å²) in [5.74, 6) is -2.91. The van der Waals surface area contributed by atoms with Crippen LogP contribution in [0.5, 0.6) is 0 Å². The summed E-state index contributed by atoms with van der Waals surface area (Å²) < 4.78 is 5.60. The van der Waals surface area contributed by atoms with E-state index in [1.165, 1.54) is 4.90 Å². The summed E-state index contributed by atoms with van der Waals surface area (Å²) in [6.07, 6.45) is 5.06. The Labute approximate surface area is 267 Å². The summed E-state index contributed by atoms with van der Waals surface area (Å²) in [7, 11) is 0. The number of nitrogens with two attached hydrogens (primary N) is 1. The maximum atomic E-state index is 14.4. The zero-order chi connectivity index (χ0) is 32.5. The summed E-state index contributed by atoms with van der Waals surface area (Å²) in [5.41, 5.74) is 4.89. The molecule has 0 unspecified atom stereocenters. The second-order valence-corrected chi connectivity index (χ2v) is 14.3. The number of hydrogen-bond donors (Lipinski definition) is 3. The Bertz CT molecular complexity index is 1380. The molecular formula is C32H42ClN5O7. The van der Waals surface area contributed by atoms with Gasteiger partial charge in [-0.2, -0.15) is 0 Å². The first kappa shape index (κ1) is 32.7. The van der Waals surface area contributed by atoms with Crippen molar-refractivity contribution in [3.05, 3.63) is 34.9 Å². The molecule has 1 aromatic carbocycles. The average Bonchev–Trinajstić information content (AvgIpc) is 3.33. The van der Waals surface area contributed by atoms with Crippen LogP contribution < -0.4 is 16.4 Å². The number of hydrogen-bond acceptors (Lipinski definition) is 8. The van der Waals surface area contributed by atoms with Gasteiger partial charge in [-0.05, 0) is 55.6 Å². The number of halogens is 1. The van der Waals surface area contributed by atoms with E-state index in [0.717, 1.165) is 44.1 Å². The Morgan fingerprint density at radius 2 is 1.84 bits per heavy atom. The molecule has 0 radical (unpaired) electrons. The highest BCUT2D eigenvalue weighted by Gasteiger charge is 2.56. The van der Waals surface area contributed by atoms with Gasteiger partial charge in [0.1, 0.15) is 18.2 Å². The number of likely N-dealkylation sites (tertiary alicyclic amines) is 1. The molecule has 1 saturated heterocycles. The van der Waals surface area contributed by atoms with Crippen molar-refractivity contribution in [2.24, 2.45) is 22.2 Å². The molecular weight excluding hydrogens is 602 g/mol. The van der Waals surface area contributed by atoms with Gasteiger partial charge in [-0.1, -0.05) is 62.5 Å². The fourth-order valence-corrected chi connectivity index (χ4v) is 6.62. The van der Waals surface area contributed by atoms with Crippen LogP contribution in [0.3, 0.4) is 0 Å². The number of amides is 4. The number of ketones is 1. The lowest BCUT2D eigenvalue weighted by atomic mass is 9.85. The van der Waals surface area contributed by atoms with Gasteiger partial charge in [0.15, 0.2) is 5.60 Å². The van der Waals surface area contributed by atoms with Crippen LogP contribution in [0.15, 0.2) is 29.4 Å². The number of carbonyl (C=O) groups excluding carboxylic acids is 5. The van der Waals surface area contributed by atoms with Crippen molar-refractivity contribution < 1.29 is 33.5 Å². The van der Waals surface area contributed by atoms with Crippen molar-refractivity contribution in [1.82, 2.24) is 15.5 Å². The minimum Gasteiger partial charge on any atom is -0.446 e. The van der Waals surface area contributed by atoms with Crippen molar-refractivity contribution >= 4 is 46.9 Å². The van der Waals surface area contributed by atoms with Gasteiger partial charge in [0.05, 0.1) is 18.3 Å². The van der Waals surface area contributed by atoms with Crippen molar-refractivity contribution in [3.63, 3.8) is 0 Å². The van der Waals surface area contributed by atoms with Gasteiger partial charge in [-0.15, -0.1) is 0 Å². The maximum absolute atomic E-state index is 14.4. The molecule has 1 spiro atoms. The van der Waals surface area contributed by atoms with Crippen molar-refractivity contribution in [1.29, 1.82) is 0 Å². The second-order valence-electron chi connectivity index (χ2n) is 13.9. The van der Waals surface area contributed by atoms with Gasteiger partial charge in [0.2, 0.25) is 17.6 Å². The fourth-order valence-electron chi connectivity index (χ4n) is 6.43. The van der Waals surface area contributed by atoms with E-state index in [4.69, 9.17) is 26.9 Å². The zero-order valence-electron chi connectivity index (χ0n) is 26.0. The van der Waals surface area contributed by atoms with Crippen molar-refractivity contribution in [3.8, 4) is 0 Å². The average molecular weight is 644 g/mol. The molecule has 2 saturated carbocycles. The van der Waals surface area contributed by atoms with Crippen LogP contribution in [0.4, 0.5) is 4.79 Å². The van der Waals surface area contributed by atoms with Crippen LogP contribution in [0.2, 0.25) is 5.02 Å². The van der Waals surface area contributed by atoms with Gasteiger partial charge in [0, 0.05) is 23.4 Å². The number of ether oxygens (including phenoxy) is 1. The summed E-state index contributed by atoms with van der Waals surface area (Å²) in [6.45, 7) is 5.45. The van der Waals surface area contributed by atoms with E-state index in [-0.39, 0.29) is 31.4 Å². The quantitative estimate of drug-likeness (QED) is 0.329. The van der Waals surface area contributed by atoms with Crippen LogP contribution in [0, 0.1) is 11.3 Å². The third-order valence-corrected chi connectivity index (χ3v) is 9.31. The summed E-state index contributed by atoms with van der Waals surface area (Å²) in [4.78, 5) is 73.1. The smallest absolute Gasteiger partial charge is 0.408 e. The lowest BCUT2D eigenvalue weighted by molar-refractivity contribution is -0.143. The van der Waals surface area contributed by atoms with Crippen LogP contribution in [-0.4, -0.2) is 76.6 Å². The molecule has 1 aromatic rings. The molecule has 4 N–H and O–H groups in total. The number of carbonyl (C=O) groups is 5. The van der Waals surface area contributed by atoms with Crippen molar-refractivity contribution in [2.45, 2.75) is 108 Å². The molecule has 2 aliphatic heterocycles. The van der Waals surface area contributed by atoms with Gasteiger partial charge in [0.25, 0.3) is 5.91 Å². The molecule has 4 amide bonds. The first-order chi connectivity index (χ1) is 21.2. The third kappa shape index (κ3) is 7.77. The number of Topliss-reactive ketones (excluding diaryl/α,β-unsaturated/α-hetero) is 1. The predicted octanol–water partition coefficient (Wildman–Crippen LogP) is 3.23. The predicted molar refractivity (Wildman–Crippen MR) is 165 cm³/mol. The van der Waals surface area contributed by atoms with E-state index < -0.39 is 58.7 Å². The summed E-state index contributed by atoms with van der Waals surface area (Å²) in [6, 6.07) is 3.94. The molecule has 45 heavy (non-hydrogen) atoms. The number of rotatable bonds is 10. The Hall–Kier alpha value is -3.67.